The average molecular weight is 474 g/mol. The average Bonchev–Trinajstić information content (AvgIpc) is 3.34. The zero-order valence-electron chi connectivity index (χ0n) is 20.0. The van der Waals surface area contributed by atoms with Gasteiger partial charge in [-0.2, -0.15) is 0 Å². The van der Waals surface area contributed by atoms with Crippen molar-refractivity contribution in [2.75, 3.05) is 39.3 Å². The predicted octanol–water partition coefficient (Wildman–Crippen LogP) is 5.13. The molecule has 6 heteroatoms. The molecule has 0 radical (unpaired) electrons. The number of rotatable bonds is 7. The summed E-state index contributed by atoms with van der Waals surface area (Å²) < 4.78 is 0. The van der Waals surface area contributed by atoms with E-state index < -0.39 is 0 Å². The molecule has 5 rings (SSSR count). The molecule has 34 heavy (non-hydrogen) atoms. The van der Waals surface area contributed by atoms with Gasteiger partial charge < -0.3 is 4.90 Å². The van der Waals surface area contributed by atoms with Crippen LogP contribution in [0.4, 0.5) is 0 Å². The molecule has 0 atom stereocenters. The molecule has 2 aromatic heterocycles. The molecule has 2 aliphatic rings. The minimum absolute atomic E-state index is 0.649. The van der Waals surface area contributed by atoms with E-state index in [1.54, 1.807) is 0 Å². The molecule has 0 bridgehead atoms. The van der Waals surface area contributed by atoms with Crippen molar-refractivity contribution in [3.05, 3.63) is 76.6 Å². The largest absolute Gasteiger partial charge is 0.301 e. The Kier molecular flexibility index (Phi) is 7.05. The normalized spacial score (nSPS) is 17.4. The number of fused-ring (bicyclic) bond motifs is 1. The smallest absolute Gasteiger partial charge is 0.0896 e. The summed E-state index contributed by atoms with van der Waals surface area (Å²) in [5, 5.41) is 0.716. The van der Waals surface area contributed by atoms with Crippen molar-refractivity contribution >= 4 is 33.9 Å². The Morgan fingerprint density at radius 2 is 1.85 bits per heavy atom. The molecule has 5 nitrogen and oxygen atoms in total. The van der Waals surface area contributed by atoms with E-state index in [0.717, 1.165) is 53.0 Å². The van der Waals surface area contributed by atoms with Gasteiger partial charge in [0.2, 0.25) is 0 Å². The fraction of sp³-hybridized carbons (Fsp3) is 0.393. The van der Waals surface area contributed by atoms with Gasteiger partial charge in [0.15, 0.2) is 0 Å². The van der Waals surface area contributed by atoms with E-state index in [1.807, 2.05) is 36.5 Å². The first kappa shape index (κ1) is 23.2. The monoisotopic (exact) mass is 473 g/mol. The third kappa shape index (κ3) is 5.22. The molecule has 4 heterocycles. The lowest BCUT2D eigenvalue weighted by Gasteiger charge is -2.36. The van der Waals surface area contributed by atoms with Crippen LogP contribution in [0.15, 0.2) is 59.7 Å². The van der Waals surface area contributed by atoms with Crippen LogP contribution in [0.2, 0.25) is 5.02 Å². The zero-order chi connectivity index (χ0) is 23.5. The van der Waals surface area contributed by atoms with E-state index in [1.165, 1.54) is 31.7 Å². The first-order valence-electron chi connectivity index (χ1n) is 12.3. The number of aromatic nitrogens is 2. The van der Waals surface area contributed by atoms with Gasteiger partial charge in [-0.3, -0.25) is 14.9 Å². The van der Waals surface area contributed by atoms with Gasteiger partial charge in [-0.05, 0) is 69.1 Å². The Morgan fingerprint density at radius 3 is 2.65 bits per heavy atom. The number of piperazine rings is 1. The Labute approximate surface area is 207 Å². The molecule has 0 amide bonds. The minimum Gasteiger partial charge on any atom is -0.301 e. The summed E-state index contributed by atoms with van der Waals surface area (Å²) in [7, 11) is 0. The highest BCUT2D eigenvalue weighted by Crippen LogP contribution is 2.26. The molecule has 1 aromatic carbocycles. The molecule has 1 fully saturated rings. The molecule has 3 aromatic rings. The van der Waals surface area contributed by atoms with Gasteiger partial charge in [0, 0.05) is 54.6 Å². The highest BCUT2D eigenvalue weighted by Gasteiger charge is 2.19. The Hall–Kier alpha value is -2.60. The maximum atomic E-state index is 6.22. The Morgan fingerprint density at radius 1 is 1.00 bits per heavy atom. The van der Waals surface area contributed by atoms with Crippen LogP contribution in [0.25, 0.3) is 16.6 Å². The highest BCUT2D eigenvalue weighted by atomic mass is 35.5. The van der Waals surface area contributed by atoms with Gasteiger partial charge >= 0.3 is 0 Å². The van der Waals surface area contributed by atoms with Crippen LogP contribution < -0.4 is 0 Å². The molecule has 0 N–H and O–H groups in total. The van der Waals surface area contributed by atoms with Crippen molar-refractivity contribution in [1.29, 1.82) is 0 Å². The van der Waals surface area contributed by atoms with Crippen LogP contribution in [0.5, 0.6) is 0 Å². The van der Waals surface area contributed by atoms with Gasteiger partial charge in [-0.15, -0.1) is 0 Å². The molecule has 0 aliphatic carbocycles. The van der Waals surface area contributed by atoms with E-state index >= 15 is 0 Å². The number of aliphatic imine (C=N–C) groups is 1. The topological polar surface area (TPSA) is 44.6 Å². The van der Waals surface area contributed by atoms with Gasteiger partial charge in [-0.1, -0.05) is 29.8 Å². The highest BCUT2D eigenvalue weighted by molar-refractivity contribution is 6.35. The molecule has 0 unspecified atom stereocenters. The van der Waals surface area contributed by atoms with Crippen LogP contribution in [0, 0.1) is 0 Å². The number of hydrogen-bond acceptors (Lipinski definition) is 5. The molecule has 1 saturated heterocycles. The zero-order valence-corrected chi connectivity index (χ0v) is 20.8. The predicted molar refractivity (Wildman–Crippen MR) is 142 cm³/mol. The van der Waals surface area contributed by atoms with Crippen molar-refractivity contribution in [3.63, 3.8) is 0 Å². The Bertz CT molecular complexity index is 1220. The molecular weight excluding hydrogens is 442 g/mol. The standard InChI is InChI=1S/C28H32ClN5/c1-20(2)34-15-13-33(14-16-34)12-4-5-21-17-27-26(31-19-21)9-8-25(32-27)24-10-11-30-28(24)22-6-3-7-23(29)18-22/h3,6-10,17-20H,4-5,11-16H2,1-2H3. The van der Waals surface area contributed by atoms with Crippen LogP contribution in [0.1, 0.15) is 37.1 Å². The van der Waals surface area contributed by atoms with Crippen molar-refractivity contribution in [2.45, 2.75) is 32.7 Å². The first-order valence-corrected chi connectivity index (χ1v) is 12.7. The van der Waals surface area contributed by atoms with Crippen LogP contribution in [-0.4, -0.2) is 70.8 Å². The second kappa shape index (κ2) is 10.3. The molecule has 2 aliphatic heterocycles. The van der Waals surface area contributed by atoms with E-state index in [2.05, 4.69) is 46.8 Å². The molecule has 176 valence electrons. The second-order valence-corrected chi connectivity index (χ2v) is 9.91. The lowest BCUT2D eigenvalue weighted by molar-refractivity contribution is 0.108. The number of allylic oxidation sites excluding steroid dienone is 1. The van der Waals surface area contributed by atoms with E-state index in [9.17, 15) is 0 Å². The Balaban J connectivity index is 1.26. The summed E-state index contributed by atoms with van der Waals surface area (Å²) in [4.78, 5) is 19.5. The fourth-order valence-electron chi connectivity index (χ4n) is 4.86. The van der Waals surface area contributed by atoms with Gasteiger partial charge in [-0.25, -0.2) is 4.98 Å². The maximum Gasteiger partial charge on any atom is 0.0896 e. The van der Waals surface area contributed by atoms with E-state index in [4.69, 9.17) is 21.6 Å². The summed E-state index contributed by atoms with van der Waals surface area (Å²) in [5.74, 6) is 0. The number of nitrogens with zero attached hydrogens (tertiary/aromatic N) is 5. The van der Waals surface area contributed by atoms with Crippen molar-refractivity contribution in [1.82, 2.24) is 19.8 Å². The summed E-state index contributed by atoms with van der Waals surface area (Å²) >= 11 is 6.22. The van der Waals surface area contributed by atoms with Crippen LogP contribution in [-0.2, 0) is 6.42 Å². The second-order valence-electron chi connectivity index (χ2n) is 9.47. The number of halogens is 1. The van der Waals surface area contributed by atoms with Crippen molar-refractivity contribution in [3.8, 4) is 0 Å². The number of pyridine rings is 2. The minimum atomic E-state index is 0.649. The summed E-state index contributed by atoms with van der Waals surface area (Å²) in [6.07, 6.45) is 6.32. The van der Waals surface area contributed by atoms with E-state index in [0.29, 0.717) is 17.6 Å². The molecule has 0 spiro atoms. The summed E-state index contributed by atoms with van der Waals surface area (Å²) in [6, 6.07) is 14.8. The third-order valence-corrected chi connectivity index (χ3v) is 7.08. The fourth-order valence-corrected chi connectivity index (χ4v) is 5.05. The molecular formula is C28H32ClN5. The first-order chi connectivity index (χ1) is 16.6. The van der Waals surface area contributed by atoms with Crippen molar-refractivity contribution < 1.29 is 0 Å². The third-order valence-electron chi connectivity index (χ3n) is 6.84. The SMILES string of the molecule is CC(C)N1CCN(CCCc2cnc3ccc(C4=CCN=C4c4cccc(Cl)c4)nc3c2)CC1. The van der Waals surface area contributed by atoms with E-state index in [-0.39, 0.29) is 0 Å². The van der Waals surface area contributed by atoms with Crippen LogP contribution >= 0.6 is 11.6 Å². The quantitative estimate of drug-likeness (QED) is 0.477. The van der Waals surface area contributed by atoms with Gasteiger partial charge in [0.05, 0.1) is 29.0 Å². The lowest BCUT2D eigenvalue weighted by atomic mass is 10.00. The number of aryl methyl sites for hydroxylation is 1. The number of hydrogen-bond donors (Lipinski definition) is 0. The molecule has 0 saturated carbocycles. The summed E-state index contributed by atoms with van der Waals surface area (Å²) in [6.45, 7) is 11.1. The van der Waals surface area contributed by atoms with Crippen LogP contribution in [0.3, 0.4) is 0 Å². The van der Waals surface area contributed by atoms with Crippen molar-refractivity contribution in [2.24, 2.45) is 4.99 Å². The van der Waals surface area contributed by atoms with Gasteiger partial charge in [0.1, 0.15) is 0 Å². The maximum absolute atomic E-state index is 6.22. The number of benzene rings is 1. The summed E-state index contributed by atoms with van der Waals surface area (Å²) in [5.41, 5.74) is 7.11. The van der Waals surface area contributed by atoms with Gasteiger partial charge in [0.25, 0.3) is 0 Å². The lowest BCUT2D eigenvalue weighted by Crippen LogP contribution is -2.48.